The fourth-order valence-electron chi connectivity index (χ4n) is 3.93. The first-order chi connectivity index (χ1) is 14.6. The number of fused-ring (bicyclic) bond motifs is 3. The molecule has 2 N–H and O–H groups in total. The van der Waals surface area contributed by atoms with Gasteiger partial charge in [0.15, 0.2) is 0 Å². The Morgan fingerprint density at radius 1 is 1.00 bits per heavy atom. The lowest BCUT2D eigenvalue weighted by molar-refractivity contribution is 0.143. The van der Waals surface area contributed by atoms with Gasteiger partial charge in [0.25, 0.3) is 0 Å². The van der Waals surface area contributed by atoms with Crippen LogP contribution in [0.4, 0.5) is 4.79 Å². The average Bonchev–Trinajstić information content (AvgIpc) is 3.09. The van der Waals surface area contributed by atoms with Crippen molar-refractivity contribution in [3.8, 4) is 16.9 Å². The topological polar surface area (TPSA) is 58.6 Å². The fourth-order valence-corrected chi connectivity index (χ4v) is 3.93. The van der Waals surface area contributed by atoms with Crippen molar-refractivity contribution in [2.24, 2.45) is 0 Å². The molecule has 152 valence electrons. The molecule has 0 aromatic heterocycles. The smallest absolute Gasteiger partial charge is 0.407 e. The molecular formula is C26H25NO3. The molecule has 4 nitrogen and oxygen atoms in total. The van der Waals surface area contributed by atoms with Gasteiger partial charge < -0.3 is 15.2 Å². The zero-order valence-electron chi connectivity index (χ0n) is 17.0. The lowest BCUT2D eigenvalue weighted by Gasteiger charge is -2.14. The van der Waals surface area contributed by atoms with E-state index in [-0.39, 0.29) is 5.92 Å². The van der Waals surface area contributed by atoms with Crippen LogP contribution >= 0.6 is 0 Å². The number of benzene rings is 3. The Balaban J connectivity index is 1.28. The highest BCUT2D eigenvalue weighted by Gasteiger charge is 2.28. The normalized spacial score (nSPS) is 12.6. The minimum atomic E-state index is -0.413. The number of rotatable bonds is 6. The summed E-state index contributed by atoms with van der Waals surface area (Å²) in [6.45, 7) is 2.65. The van der Waals surface area contributed by atoms with Crippen molar-refractivity contribution < 1.29 is 14.6 Å². The molecule has 30 heavy (non-hydrogen) atoms. The minimum Gasteiger partial charge on any atom is -0.507 e. The molecule has 4 rings (SSSR count). The predicted molar refractivity (Wildman–Crippen MR) is 120 cm³/mol. The van der Waals surface area contributed by atoms with Crippen LogP contribution in [0.3, 0.4) is 0 Å². The molecule has 0 atom stereocenters. The number of hydrogen-bond donors (Lipinski definition) is 2. The van der Waals surface area contributed by atoms with Crippen LogP contribution in [0.2, 0.25) is 0 Å². The van der Waals surface area contributed by atoms with Crippen molar-refractivity contribution in [3.63, 3.8) is 0 Å². The zero-order chi connectivity index (χ0) is 20.9. The molecule has 0 radical (unpaired) electrons. The first-order valence-corrected chi connectivity index (χ1v) is 10.2. The number of nitrogens with one attached hydrogen (secondary N) is 1. The molecule has 0 heterocycles. The van der Waals surface area contributed by atoms with Gasteiger partial charge in [-0.1, -0.05) is 78.9 Å². The van der Waals surface area contributed by atoms with Gasteiger partial charge in [0, 0.05) is 18.0 Å². The number of ether oxygens (including phenoxy) is 1. The van der Waals surface area contributed by atoms with Gasteiger partial charge in [-0.05, 0) is 41.2 Å². The van der Waals surface area contributed by atoms with E-state index in [1.165, 1.54) is 22.3 Å². The van der Waals surface area contributed by atoms with Gasteiger partial charge >= 0.3 is 6.09 Å². The van der Waals surface area contributed by atoms with Crippen LogP contribution in [0, 0.1) is 6.92 Å². The molecule has 0 fully saturated rings. The SMILES string of the molecule is Cc1cccc(C=CCCNC(=O)OCC2c3ccccc3-c3ccccc32)c1O. The van der Waals surface area contributed by atoms with Crippen molar-refractivity contribution in [2.75, 3.05) is 13.2 Å². The van der Waals surface area contributed by atoms with Gasteiger partial charge in [-0.2, -0.15) is 0 Å². The Morgan fingerprint density at radius 3 is 2.37 bits per heavy atom. The van der Waals surface area contributed by atoms with Crippen molar-refractivity contribution in [1.82, 2.24) is 5.32 Å². The third-order valence-corrected chi connectivity index (χ3v) is 5.49. The molecule has 0 bridgehead atoms. The van der Waals surface area contributed by atoms with Crippen LogP contribution < -0.4 is 5.32 Å². The minimum absolute atomic E-state index is 0.0624. The van der Waals surface area contributed by atoms with Gasteiger partial charge in [-0.15, -0.1) is 0 Å². The fraction of sp³-hybridized carbons (Fsp3) is 0.192. The Labute approximate surface area is 176 Å². The van der Waals surface area contributed by atoms with E-state index in [0.717, 1.165) is 11.1 Å². The number of aromatic hydroxyl groups is 1. The summed E-state index contributed by atoms with van der Waals surface area (Å²) in [6, 6.07) is 22.2. The van der Waals surface area contributed by atoms with Crippen LogP contribution in [0.15, 0.2) is 72.8 Å². The highest BCUT2D eigenvalue weighted by atomic mass is 16.5. The van der Waals surface area contributed by atoms with Gasteiger partial charge in [-0.25, -0.2) is 4.79 Å². The summed E-state index contributed by atoms with van der Waals surface area (Å²) in [7, 11) is 0. The van der Waals surface area contributed by atoms with Crippen molar-refractivity contribution in [2.45, 2.75) is 19.3 Å². The molecule has 0 saturated carbocycles. The monoisotopic (exact) mass is 399 g/mol. The van der Waals surface area contributed by atoms with Gasteiger partial charge in [0.1, 0.15) is 12.4 Å². The highest BCUT2D eigenvalue weighted by molar-refractivity contribution is 5.79. The van der Waals surface area contributed by atoms with Crippen molar-refractivity contribution >= 4 is 12.2 Å². The summed E-state index contributed by atoms with van der Waals surface area (Å²) >= 11 is 0. The van der Waals surface area contributed by atoms with Crippen LogP contribution in [-0.2, 0) is 4.74 Å². The molecule has 0 aliphatic heterocycles. The Morgan fingerprint density at radius 2 is 1.67 bits per heavy atom. The number of para-hydroxylation sites is 1. The van der Waals surface area contributed by atoms with E-state index in [1.807, 2.05) is 61.5 Å². The molecule has 1 amide bonds. The summed E-state index contributed by atoms with van der Waals surface area (Å²) in [6.07, 6.45) is 4.03. The number of phenolic OH excluding ortho intramolecular Hbond substituents is 1. The van der Waals surface area contributed by atoms with Gasteiger partial charge in [0.2, 0.25) is 0 Å². The lowest BCUT2D eigenvalue weighted by Crippen LogP contribution is -2.26. The lowest BCUT2D eigenvalue weighted by atomic mass is 9.98. The molecule has 3 aromatic carbocycles. The maximum atomic E-state index is 12.2. The number of hydrogen-bond acceptors (Lipinski definition) is 3. The molecule has 3 aromatic rings. The maximum absolute atomic E-state index is 12.2. The first kappa shape index (κ1) is 19.8. The van der Waals surface area contributed by atoms with Crippen LogP contribution in [0.1, 0.15) is 34.6 Å². The van der Waals surface area contributed by atoms with E-state index in [9.17, 15) is 9.90 Å². The number of aryl methyl sites for hydroxylation is 1. The number of amides is 1. The molecule has 0 unspecified atom stereocenters. The highest BCUT2D eigenvalue weighted by Crippen LogP contribution is 2.44. The van der Waals surface area contributed by atoms with E-state index in [2.05, 4.69) is 29.6 Å². The summed E-state index contributed by atoms with van der Waals surface area (Å²) in [4.78, 5) is 12.2. The van der Waals surface area contributed by atoms with Gasteiger partial charge in [-0.3, -0.25) is 0 Å². The van der Waals surface area contributed by atoms with E-state index >= 15 is 0 Å². The second kappa shape index (κ2) is 8.87. The summed E-state index contributed by atoms with van der Waals surface area (Å²) in [5.74, 6) is 0.352. The number of alkyl carbamates (subject to hydrolysis) is 1. The summed E-state index contributed by atoms with van der Waals surface area (Å²) in [5.41, 5.74) is 6.45. The van der Waals surface area contributed by atoms with E-state index in [1.54, 1.807) is 0 Å². The van der Waals surface area contributed by atoms with E-state index in [4.69, 9.17) is 4.74 Å². The van der Waals surface area contributed by atoms with Gasteiger partial charge in [0.05, 0.1) is 0 Å². The van der Waals surface area contributed by atoms with Crippen LogP contribution in [0.25, 0.3) is 17.2 Å². The second-order valence-corrected chi connectivity index (χ2v) is 7.46. The molecular weight excluding hydrogens is 374 g/mol. The van der Waals surface area contributed by atoms with Crippen LogP contribution in [0.5, 0.6) is 5.75 Å². The molecule has 1 aliphatic carbocycles. The second-order valence-electron chi connectivity index (χ2n) is 7.46. The number of phenols is 1. The third kappa shape index (κ3) is 4.08. The zero-order valence-corrected chi connectivity index (χ0v) is 17.0. The molecule has 0 saturated heterocycles. The Bertz CT molecular complexity index is 1040. The Hall–Kier alpha value is -3.53. The largest absolute Gasteiger partial charge is 0.507 e. The molecule has 4 heteroatoms. The van der Waals surface area contributed by atoms with Crippen molar-refractivity contribution in [1.29, 1.82) is 0 Å². The van der Waals surface area contributed by atoms with E-state index in [0.29, 0.717) is 25.3 Å². The Kier molecular flexibility index (Phi) is 5.84. The summed E-state index contributed by atoms with van der Waals surface area (Å²) < 4.78 is 5.53. The molecule has 1 aliphatic rings. The number of carbonyl (C=O) groups is 1. The molecule has 0 spiro atoms. The summed E-state index contributed by atoms with van der Waals surface area (Å²) in [5, 5.41) is 12.8. The maximum Gasteiger partial charge on any atom is 0.407 e. The standard InChI is InChI=1S/C26H25NO3/c1-18-9-8-11-19(25(18)28)10-6-7-16-27-26(29)30-17-24-22-14-4-2-12-20(22)21-13-3-5-15-23(21)24/h2-6,8-15,24,28H,7,16-17H2,1H3,(H,27,29). The van der Waals surface area contributed by atoms with Crippen LogP contribution in [-0.4, -0.2) is 24.4 Å². The quantitative estimate of drug-likeness (QED) is 0.527. The van der Waals surface area contributed by atoms with Crippen molar-refractivity contribution in [3.05, 3.63) is 95.1 Å². The average molecular weight is 399 g/mol. The predicted octanol–water partition coefficient (Wildman–Crippen LogP) is 5.64. The first-order valence-electron chi connectivity index (χ1n) is 10.2. The number of carbonyl (C=O) groups excluding carboxylic acids is 1. The third-order valence-electron chi connectivity index (χ3n) is 5.49. The van der Waals surface area contributed by atoms with E-state index < -0.39 is 6.09 Å².